The molecule has 1 aromatic rings. The van der Waals surface area contributed by atoms with Crippen LogP contribution in [-0.2, 0) is 0 Å². The van der Waals surface area contributed by atoms with Crippen molar-refractivity contribution in [2.24, 2.45) is 0 Å². The fourth-order valence-electron chi connectivity index (χ4n) is 0.819. The van der Waals surface area contributed by atoms with Crippen molar-refractivity contribution in [1.29, 1.82) is 0 Å². The molecule has 0 bridgehead atoms. The summed E-state index contributed by atoms with van der Waals surface area (Å²) in [5.41, 5.74) is 0.210. The molecule has 0 aliphatic rings. The molecule has 0 aliphatic heterocycles. The van der Waals surface area contributed by atoms with Crippen molar-refractivity contribution in [3.63, 3.8) is 0 Å². The van der Waals surface area contributed by atoms with E-state index in [4.69, 9.17) is 0 Å². The van der Waals surface area contributed by atoms with E-state index in [0.717, 1.165) is 0 Å². The van der Waals surface area contributed by atoms with Gasteiger partial charge in [0, 0.05) is 18.8 Å². The highest BCUT2D eigenvalue weighted by Crippen LogP contribution is 1.91. The van der Waals surface area contributed by atoms with Gasteiger partial charge in [-0.25, -0.2) is 0 Å². The molecule has 0 atom stereocenters. The quantitative estimate of drug-likeness (QED) is 0.653. The summed E-state index contributed by atoms with van der Waals surface area (Å²) in [5.74, 6) is -0.226. The molecule has 0 unspecified atom stereocenters. The topological polar surface area (TPSA) is 62.0 Å². The lowest BCUT2D eigenvalue weighted by atomic mass is 10.3. The number of amides is 1. The van der Waals surface area contributed by atoms with E-state index in [-0.39, 0.29) is 11.5 Å². The van der Waals surface area contributed by atoms with Gasteiger partial charge in [-0.1, -0.05) is 6.08 Å². The van der Waals surface area contributed by atoms with E-state index in [1.807, 2.05) is 0 Å². The zero-order valence-corrected chi connectivity index (χ0v) is 7.04. The van der Waals surface area contributed by atoms with Crippen LogP contribution in [-0.4, -0.2) is 17.4 Å². The maximum absolute atomic E-state index is 11.2. The first-order chi connectivity index (χ1) is 6.24. The second-order valence-corrected chi connectivity index (χ2v) is 2.44. The Morgan fingerprint density at radius 2 is 2.38 bits per heavy atom. The molecule has 1 rings (SSSR count). The Kier molecular flexibility index (Phi) is 3.03. The van der Waals surface area contributed by atoms with Gasteiger partial charge in [-0.3, -0.25) is 9.59 Å². The fourth-order valence-corrected chi connectivity index (χ4v) is 0.819. The van der Waals surface area contributed by atoms with Gasteiger partial charge >= 0.3 is 0 Å². The Morgan fingerprint density at radius 3 is 2.92 bits per heavy atom. The number of H-pyrrole nitrogens is 1. The molecule has 0 saturated heterocycles. The van der Waals surface area contributed by atoms with Gasteiger partial charge in [0.15, 0.2) is 0 Å². The maximum atomic E-state index is 11.2. The van der Waals surface area contributed by atoms with Crippen LogP contribution in [0, 0.1) is 0 Å². The average molecular weight is 178 g/mol. The molecule has 0 spiro atoms. The highest BCUT2D eigenvalue weighted by molar-refractivity contribution is 5.93. The Hall–Kier alpha value is -1.84. The monoisotopic (exact) mass is 178 g/mol. The van der Waals surface area contributed by atoms with E-state index in [1.54, 1.807) is 6.08 Å². The summed E-state index contributed by atoms with van der Waals surface area (Å²) >= 11 is 0. The molecule has 1 aromatic heterocycles. The molecule has 1 amide bonds. The zero-order valence-electron chi connectivity index (χ0n) is 7.04. The van der Waals surface area contributed by atoms with Gasteiger partial charge in [0.2, 0.25) is 5.56 Å². The third kappa shape index (κ3) is 2.59. The number of rotatable bonds is 3. The first-order valence-electron chi connectivity index (χ1n) is 3.82. The SMILES string of the molecule is C=CCNC(=O)c1ccc(=O)[nH]c1. The van der Waals surface area contributed by atoms with Crippen molar-refractivity contribution in [1.82, 2.24) is 10.3 Å². The van der Waals surface area contributed by atoms with Crippen molar-refractivity contribution >= 4 is 5.91 Å². The Labute approximate surface area is 75.3 Å². The summed E-state index contributed by atoms with van der Waals surface area (Å²) < 4.78 is 0. The van der Waals surface area contributed by atoms with Crippen molar-refractivity contribution in [3.8, 4) is 0 Å². The minimum Gasteiger partial charge on any atom is -0.349 e. The van der Waals surface area contributed by atoms with Gasteiger partial charge in [-0.15, -0.1) is 6.58 Å². The first-order valence-corrected chi connectivity index (χ1v) is 3.82. The van der Waals surface area contributed by atoms with Crippen LogP contribution in [0.5, 0.6) is 0 Å². The van der Waals surface area contributed by atoms with Gasteiger partial charge < -0.3 is 10.3 Å². The van der Waals surface area contributed by atoms with Crippen LogP contribution in [0.15, 0.2) is 35.8 Å². The fraction of sp³-hybridized carbons (Fsp3) is 0.111. The van der Waals surface area contributed by atoms with E-state index in [1.165, 1.54) is 18.3 Å². The molecule has 4 nitrogen and oxygen atoms in total. The largest absolute Gasteiger partial charge is 0.349 e. The van der Waals surface area contributed by atoms with Crippen LogP contribution in [0.1, 0.15) is 10.4 Å². The summed E-state index contributed by atoms with van der Waals surface area (Å²) in [7, 11) is 0. The van der Waals surface area contributed by atoms with E-state index in [0.29, 0.717) is 12.1 Å². The molecular formula is C9H10N2O2. The van der Waals surface area contributed by atoms with Crippen molar-refractivity contribution < 1.29 is 4.79 Å². The average Bonchev–Trinajstić information content (AvgIpc) is 2.15. The number of carbonyl (C=O) groups is 1. The first kappa shape index (κ1) is 9.25. The van der Waals surface area contributed by atoms with Gasteiger partial charge in [0.05, 0.1) is 5.56 Å². The number of aromatic amines is 1. The second kappa shape index (κ2) is 4.25. The molecule has 0 radical (unpaired) electrons. The molecule has 2 N–H and O–H groups in total. The lowest BCUT2D eigenvalue weighted by molar-refractivity contribution is 0.0957. The van der Waals surface area contributed by atoms with Crippen LogP contribution in [0.25, 0.3) is 0 Å². The number of pyridine rings is 1. The molecular weight excluding hydrogens is 168 g/mol. The smallest absolute Gasteiger partial charge is 0.253 e. The Morgan fingerprint density at radius 1 is 1.62 bits per heavy atom. The zero-order chi connectivity index (χ0) is 9.68. The van der Waals surface area contributed by atoms with Gasteiger partial charge in [0.1, 0.15) is 0 Å². The third-order valence-corrected chi connectivity index (χ3v) is 1.45. The van der Waals surface area contributed by atoms with Crippen molar-refractivity contribution in [3.05, 3.63) is 46.9 Å². The second-order valence-electron chi connectivity index (χ2n) is 2.44. The van der Waals surface area contributed by atoms with Crippen molar-refractivity contribution in [2.75, 3.05) is 6.54 Å². The van der Waals surface area contributed by atoms with Gasteiger partial charge in [-0.2, -0.15) is 0 Å². The highest BCUT2D eigenvalue weighted by Gasteiger charge is 2.02. The van der Waals surface area contributed by atoms with E-state index in [9.17, 15) is 9.59 Å². The molecule has 0 saturated carbocycles. The lowest BCUT2D eigenvalue weighted by Crippen LogP contribution is -2.23. The van der Waals surface area contributed by atoms with Crippen LogP contribution < -0.4 is 10.9 Å². The highest BCUT2D eigenvalue weighted by atomic mass is 16.1. The van der Waals surface area contributed by atoms with E-state index < -0.39 is 0 Å². The molecule has 4 heteroatoms. The predicted octanol–water partition coefficient (Wildman–Crippen LogP) is 0.291. The Balaban J connectivity index is 2.71. The van der Waals surface area contributed by atoms with E-state index in [2.05, 4.69) is 16.9 Å². The number of carbonyl (C=O) groups excluding carboxylic acids is 1. The summed E-state index contributed by atoms with van der Waals surface area (Å²) in [6.07, 6.45) is 2.96. The predicted molar refractivity (Wildman–Crippen MR) is 49.6 cm³/mol. The van der Waals surface area contributed by atoms with Crippen LogP contribution in [0.3, 0.4) is 0 Å². The summed E-state index contributed by atoms with van der Waals surface area (Å²) in [5, 5.41) is 2.59. The summed E-state index contributed by atoms with van der Waals surface area (Å²) in [4.78, 5) is 24.3. The molecule has 1 heterocycles. The lowest BCUT2D eigenvalue weighted by Gasteiger charge is -2.00. The van der Waals surface area contributed by atoms with E-state index >= 15 is 0 Å². The van der Waals surface area contributed by atoms with Crippen LogP contribution in [0.2, 0.25) is 0 Å². The minimum atomic E-state index is -0.226. The van der Waals surface area contributed by atoms with Crippen molar-refractivity contribution in [2.45, 2.75) is 0 Å². The van der Waals surface area contributed by atoms with Gasteiger partial charge in [-0.05, 0) is 6.07 Å². The summed E-state index contributed by atoms with van der Waals surface area (Å²) in [6, 6.07) is 2.78. The molecule has 13 heavy (non-hydrogen) atoms. The maximum Gasteiger partial charge on any atom is 0.253 e. The molecule has 68 valence electrons. The number of aromatic nitrogens is 1. The van der Waals surface area contributed by atoms with Gasteiger partial charge in [0.25, 0.3) is 5.91 Å². The number of hydrogen-bond donors (Lipinski definition) is 2. The standard InChI is InChI=1S/C9H10N2O2/c1-2-5-10-9(13)7-3-4-8(12)11-6-7/h2-4,6H,1,5H2,(H,10,13)(H,11,12). The molecule has 0 aromatic carbocycles. The molecule has 0 fully saturated rings. The van der Waals surface area contributed by atoms with Crippen LogP contribution in [0.4, 0.5) is 0 Å². The number of hydrogen-bond acceptors (Lipinski definition) is 2. The third-order valence-electron chi connectivity index (χ3n) is 1.45. The number of nitrogens with one attached hydrogen (secondary N) is 2. The normalized spacial score (nSPS) is 9.23. The summed E-state index contributed by atoms with van der Waals surface area (Å²) in [6.45, 7) is 3.88. The van der Waals surface area contributed by atoms with Crippen LogP contribution >= 0.6 is 0 Å². The Bertz CT molecular complexity index is 348. The molecule has 0 aliphatic carbocycles. The minimum absolute atomic E-state index is 0.222.